The normalized spacial score (nSPS) is 26.9. The number of phenolic OH excluding ortho intramolecular Hbond substituents is 2. The Kier molecular flexibility index (Phi) is 2.94. The van der Waals surface area contributed by atoms with Gasteiger partial charge in [0.1, 0.15) is 0 Å². The Morgan fingerprint density at radius 1 is 1.28 bits per heavy atom. The van der Waals surface area contributed by atoms with E-state index in [9.17, 15) is 10.2 Å². The molecular weight excluding hydrogens is 226 g/mol. The number of nitrogens with zero attached hydrogens (tertiary/aromatic N) is 1. The van der Waals surface area contributed by atoms with E-state index in [2.05, 4.69) is 11.8 Å². The summed E-state index contributed by atoms with van der Waals surface area (Å²) in [6, 6.07) is 4.23. The van der Waals surface area contributed by atoms with Gasteiger partial charge in [0.15, 0.2) is 11.5 Å². The lowest BCUT2D eigenvalue weighted by Crippen LogP contribution is -2.38. The minimum atomic E-state index is 0.0237. The number of rotatable bonds is 2. The number of phenols is 2. The SMILES string of the molecule is CCCN1CC[C@@H]2Cc3c(ccc(O)c3O)CC21. The van der Waals surface area contributed by atoms with Gasteiger partial charge in [-0.1, -0.05) is 13.0 Å². The van der Waals surface area contributed by atoms with Gasteiger partial charge in [0, 0.05) is 11.6 Å². The van der Waals surface area contributed by atoms with Crippen LogP contribution in [-0.2, 0) is 12.8 Å². The molecule has 1 aromatic carbocycles. The summed E-state index contributed by atoms with van der Waals surface area (Å²) in [6.07, 6.45) is 4.37. The monoisotopic (exact) mass is 247 g/mol. The summed E-state index contributed by atoms with van der Waals surface area (Å²) in [5.74, 6) is 0.784. The second-order valence-corrected chi connectivity index (χ2v) is 5.63. The first-order valence-corrected chi connectivity index (χ1v) is 6.97. The molecule has 1 unspecified atom stereocenters. The van der Waals surface area contributed by atoms with Crippen LogP contribution in [0.5, 0.6) is 11.5 Å². The summed E-state index contributed by atoms with van der Waals surface area (Å²) >= 11 is 0. The highest BCUT2D eigenvalue weighted by atomic mass is 16.3. The highest BCUT2D eigenvalue weighted by molar-refractivity contribution is 5.50. The van der Waals surface area contributed by atoms with Gasteiger partial charge in [0.05, 0.1) is 0 Å². The summed E-state index contributed by atoms with van der Waals surface area (Å²) in [6.45, 7) is 4.60. The molecule has 2 atom stereocenters. The molecule has 1 aromatic rings. The zero-order chi connectivity index (χ0) is 12.7. The first kappa shape index (κ1) is 11.8. The van der Waals surface area contributed by atoms with Crippen molar-refractivity contribution in [2.75, 3.05) is 13.1 Å². The maximum absolute atomic E-state index is 9.97. The van der Waals surface area contributed by atoms with Crippen molar-refractivity contribution in [2.45, 2.75) is 38.6 Å². The Hall–Kier alpha value is -1.22. The fraction of sp³-hybridized carbons (Fsp3) is 0.600. The number of fused-ring (bicyclic) bond motifs is 2. The first-order valence-electron chi connectivity index (χ1n) is 6.97. The molecule has 98 valence electrons. The minimum absolute atomic E-state index is 0.0237. The van der Waals surface area contributed by atoms with Crippen molar-refractivity contribution in [3.8, 4) is 11.5 Å². The molecule has 0 radical (unpaired) electrons. The lowest BCUT2D eigenvalue weighted by atomic mass is 9.80. The van der Waals surface area contributed by atoms with E-state index in [0.717, 1.165) is 18.4 Å². The number of hydrogen-bond acceptors (Lipinski definition) is 3. The second kappa shape index (κ2) is 4.47. The standard InChI is InChI=1S/C15H21NO2/c1-2-6-16-7-5-11-8-12-10(9-13(11)16)3-4-14(17)15(12)18/h3-4,11,13,17-18H,2,5-9H2,1H3/t11-,13?/m1/s1. The van der Waals surface area contributed by atoms with Crippen LogP contribution in [-0.4, -0.2) is 34.2 Å². The fourth-order valence-electron chi connectivity index (χ4n) is 3.66. The molecule has 0 aromatic heterocycles. The molecule has 0 saturated carbocycles. The van der Waals surface area contributed by atoms with Gasteiger partial charge in [0.2, 0.25) is 0 Å². The third kappa shape index (κ3) is 1.77. The smallest absolute Gasteiger partial charge is 0.160 e. The summed E-state index contributed by atoms with van der Waals surface area (Å²) in [7, 11) is 0. The maximum atomic E-state index is 9.97. The number of hydrogen-bond donors (Lipinski definition) is 2. The molecule has 2 aliphatic rings. The molecule has 0 spiro atoms. The van der Waals surface area contributed by atoms with Crippen molar-refractivity contribution in [3.05, 3.63) is 23.3 Å². The largest absolute Gasteiger partial charge is 0.504 e. The molecule has 0 bridgehead atoms. The Bertz CT molecular complexity index is 458. The third-order valence-corrected chi connectivity index (χ3v) is 4.56. The van der Waals surface area contributed by atoms with Crippen LogP contribution in [0.1, 0.15) is 30.9 Å². The van der Waals surface area contributed by atoms with Gasteiger partial charge >= 0.3 is 0 Å². The quantitative estimate of drug-likeness (QED) is 0.788. The van der Waals surface area contributed by atoms with Gasteiger partial charge in [-0.05, 0) is 56.3 Å². The van der Waals surface area contributed by atoms with Gasteiger partial charge < -0.3 is 10.2 Å². The minimum Gasteiger partial charge on any atom is -0.504 e. The zero-order valence-corrected chi connectivity index (χ0v) is 10.9. The van der Waals surface area contributed by atoms with Gasteiger partial charge in [-0.15, -0.1) is 0 Å². The first-order chi connectivity index (χ1) is 8.70. The Morgan fingerprint density at radius 2 is 2.11 bits per heavy atom. The Morgan fingerprint density at radius 3 is 2.89 bits per heavy atom. The van der Waals surface area contributed by atoms with Crippen LogP contribution in [0, 0.1) is 5.92 Å². The molecule has 1 heterocycles. The summed E-state index contributed by atoms with van der Waals surface area (Å²) in [5, 5.41) is 19.6. The van der Waals surface area contributed by atoms with E-state index in [-0.39, 0.29) is 11.5 Å². The van der Waals surface area contributed by atoms with Crippen molar-refractivity contribution in [1.29, 1.82) is 0 Å². The summed E-state index contributed by atoms with van der Waals surface area (Å²) in [4.78, 5) is 2.59. The van der Waals surface area contributed by atoms with Gasteiger partial charge in [0.25, 0.3) is 0 Å². The molecule has 3 rings (SSSR count). The van der Waals surface area contributed by atoms with Gasteiger partial charge in [-0.3, -0.25) is 4.90 Å². The van der Waals surface area contributed by atoms with E-state index >= 15 is 0 Å². The maximum Gasteiger partial charge on any atom is 0.160 e. The van der Waals surface area contributed by atoms with E-state index in [1.165, 1.54) is 31.5 Å². The lowest BCUT2D eigenvalue weighted by molar-refractivity contribution is 0.214. The van der Waals surface area contributed by atoms with Crippen LogP contribution in [0.4, 0.5) is 0 Å². The van der Waals surface area contributed by atoms with Crippen LogP contribution in [0.3, 0.4) is 0 Å². The topological polar surface area (TPSA) is 43.7 Å². The molecule has 3 nitrogen and oxygen atoms in total. The molecule has 1 aliphatic heterocycles. The van der Waals surface area contributed by atoms with Crippen molar-refractivity contribution >= 4 is 0 Å². The fourth-order valence-corrected chi connectivity index (χ4v) is 3.66. The lowest BCUT2D eigenvalue weighted by Gasteiger charge is -2.33. The van der Waals surface area contributed by atoms with Crippen LogP contribution >= 0.6 is 0 Å². The molecule has 1 fully saturated rings. The average molecular weight is 247 g/mol. The van der Waals surface area contributed by atoms with Crippen molar-refractivity contribution in [3.63, 3.8) is 0 Å². The zero-order valence-electron chi connectivity index (χ0n) is 10.9. The predicted molar refractivity (Wildman–Crippen MR) is 70.9 cm³/mol. The molecule has 1 saturated heterocycles. The van der Waals surface area contributed by atoms with Gasteiger partial charge in [-0.2, -0.15) is 0 Å². The van der Waals surface area contributed by atoms with E-state index in [1.54, 1.807) is 6.07 Å². The molecule has 18 heavy (non-hydrogen) atoms. The highest BCUT2D eigenvalue weighted by Gasteiger charge is 2.38. The Labute approximate surface area is 108 Å². The van der Waals surface area contributed by atoms with Crippen LogP contribution in [0.15, 0.2) is 12.1 Å². The Balaban J connectivity index is 1.90. The highest BCUT2D eigenvalue weighted by Crippen LogP contribution is 2.41. The van der Waals surface area contributed by atoms with Crippen LogP contribution in [0.2, 0.25) is 0 Å². The number of likely N-dealkylation sites (tertiary alicyclic amines) is 1. The predicted octanol–water partition coefficient (Wildman–Crippen LogP) is 2.30. The summed E-state index contributed by atoms with van der Waals surface area (Å²) < 4.78 is 0. The van der Waals surface area contributed by atoms with E-state index in [0.29, 0.717) is 12.0 Å². The third-order valence-electron chi connectivity index (χ3n) is 4.56. The second-order valence-electron chi connectivity index (χ2n) is 5.63. The van der Waals surface area contributed by atoms with Crippen LogP contribution in [0.25, 0.3) is 0 Å². The molecule has 0 amide bonds. The molecular formula is C15H21NO2. The van der Waals surface area contributed by atoms with Crippen molar-refractivity contribution in [1.82, 2.24) is 4.90 Å². The molecule has 3 heteroatoms. The van der Waals surface area contributed by atoms with Crippen molar-refractivity contribution in [2.24, 2.45) is 5.92 Å². The molecule has 1 aliphatic carbocycles. The number of aromatic hydroxyl groups is 2. The van der Waals surface area contributed by atoms with E-state index in [1.807, 2.05) is 6.07 Å². The summed E-state index contributed by atoms with van der Waals surface area (Å²) in [5.41, 5.74) is 2.20. The van der Waals surface area contributed by atoms with Crippen molar-refractivity contribution < 1.29 is 10.2 Å². The number of benzene rings is 1. The van der Waals surface area contributed by atoms with E-state index in [4.69, 9.17) is 0 Å². The van der Waals surface area contributed by atoms with Gasteiger partial charge in [-0.25, -0.2) is 0 Å². The van der Waals surface area contributed by atoms with E-state index < -0.39 is 0 Å². The average Bonchev–Trinajstić information content (AvgIpc) is 2.76. The molecule has 2 N–H and O–H groups in total. The van der Waals surface area contributed by atoms with Crippen LogP contribution < -0.4 is 0 Å².